The van der Waals surface area contributed by atoms with Gasteiger partial charge < -0.3 is 9.52 Å². The first-order valence-electron chi connectivity index (χ1n) is 3.55. The smallest absolute Gasteiger partial charge is 0.129 e. The first-order valence-corrected chi connectivity index (χ1v) is 3.55. The summed E-state index contributed by atoms with van der Waals surface area (Å²) >= 11 is 0. The first kappa shape index (κ1) is 7.35. The summed E-state index contributed by atoms with van der Waals surface area (Å²) in [5.74, 6) is 1.62. The fourth-order valence-corrected chi connectivity index (χ4v) is 0.888. The van der Waals surface area contributed by atoms with E-state index in [0.717, 1.165) is 18.6 Å². The molecule has 0 unspecified atom stereocenters. The highest BCUT2D eigenvalue weighted by atomic mass is 16.4. The average Bonchev–Trinajstić information content (AvgIpc) is 2.37. The molecule has 0 bridgehead atoms. The van der Waals surface area contributed by atoms with Gasteiger partial charge in [-0.2, -0.15) is 0 Å². The Hall–Kier alpha value is -0.760. The van der Waals surface area contributed by atoms with Crippen molar-refractivity contribution in [2.45, 2.75) is 26.4 Å². The molecule has 1 aromatic rings. The zero-order chi connectivity index (χ0) is 7.40. The third kappa shape index (κ3) is 1.61. The summed E-state index contributed by atoms with van der Waals surface area (Å²) in [5, 5.41) is 8.63. The molecule has 0 atom stereocenters. The van der Waals surface area contributed by atoms with Crippen LogP contribution in [0.3, 0.4) is 0 Å². The second-order valence-electron chi connectivity index (χ2n) is 2.28. The van der Waals surface area contributed by atoms with Crippen LogP contribution in [0.25, 0.3) is 0 Å². The normalized spacial score (nSPS) is 10.2. The van der Waals surface area contributed by atoms with Gasteiger partial charge in [0, 0.05) is 6.42 Å². The second kappa shape index (κ2) is 3.42. The summed E-state index contributed by atoms with van der Waals surface area (Å²) in [7, 11) is 0. The van der Waals surface area contributed by atoms with Gasteiger partial charge in [0.1, 0.15) is 18.1 Å². The predicted molar refractivity (Wildman–Crippen MR) is 38.6 cm³/mol. The second-order valence-corrected chi connectivity index (χ2v) is 2.28. The molecule has 56 valence electrons. The molecule has 0 aliphatic rings. The molecule has 0 saturated heterocycles. The lowest BCUT2D eigenvalue weighted by atomic mass is 10.3. The Morgan fingerprint density at radius 2 is 2.10 bits per heavy atom. The highest BCUT2D eigenvalue weighted by molar-refractivity contribution is 5.06. The van der Waals surface area contributed by atoms with Gasteiger partial charge in [0.2, 0.25) is 0 Å². The predicted octanol–water partition coefficient (Wildman–Crippen LogP) is 1.72. The van der Waals surface area contributed by atoms with E-state index in [1.165, 1.54) is 0 Å². The van der Waals surface area contributed by atoms with Crippen molar-refractivity contribution in [3.05, 3.63) is 23.7 Å². The van der Waals surface area contributed by atoms with Crippen molar-refractivity contribution in [3.8, 4) is 0 Å². The Balaban J connectivity index is 2.59. The molecular weight excluding hydrogens is 128 g/mol. The summed E-state index contributed by atoms with van der Waals surface area (Å²) in [6.07, 6.45) is 2.04. The highest BCUT2D eigenvalue weighted by Crippen LogP contribution is 2.08. The topological polar surface area (TPSA) is 33.4 Å². The summed E-state index contributed by atoms with van der Waals surface area (Å²) < 4.78 is 5.22. The van der Waals surface area contributed by atoms with Gasteiger partial charge in [-0.05, 0) is 18.6 Å². The van der Waals surface area contributed by atoms with E-state index in [9.17, 15) is 0 Å². The molecule has 0 aromatic carbocycles. The number of rotatable bonds is 3. The lowest BCUT2D eigenvalue weighted by molar-refractivity contribution is 0.243. The molecule has 0 fully saturated rings. The molecule has 10 heavy (non-hydrogen) atoms. The number of aliphatic hydroxyl groups is 1. The van der Waals surface area contributed by atoms with Crippen molar-refractivity contribution in [3.63, 3.8) is 0 Å². The van der Waals surface area contributed by atoms with E-state index in [1.54, 1.807) is 0 Å². The largest absolute Gasteiger partial charge is 0.464 e. The van der Waals surface area contributed by atoms with Gasteiger partial charge in [0.25, 0.3) is 0 Å². The quantitative estimate of drug-likeness (QED) is 0.693. The number of aliphatic hydroxyl groups excluding tert-OH is 1. The van der Waals surface area contributed by atoms with Crippen LogP contribution in [-0.2, 0) is 13.0 Å². The first-order chi connectivity index (χ1) is 4.86. The van der Waals surface area contributed by atoms with Crippen LogP contribution in [-0.4, -0.2) is 5.11 Å². The molecule has 1 rings (SSSR count). The summed E-state index contributed by atoms with van der Waals surface area (Å²) in [6, 6.07) is 3.72. The van der Waals surface area contributed by atoms with Crippen molar-refractivity contribution in [1.82, 2.24) is 0 Å². The van der Waals surface area contributed by atoms with Gasteiger partial charge in [-0.25, -0.2) is 0 Å². The van der Waals surface area contributed by atoms with Crippen molar-refractivity contribution >= 4 is 0 Å². The molecule has 1 aromatic heterocycles. The molecule has 0 amide bonds. The molecule has 1 N–H and O–H groups in total. The molecule has 0 aliphatic heterocycles. The van der Waals surface area contributed by atoms with Gasteiger partial charge in [-0.15, -0.1) is 0 Å². The van der Waals surface area contributed by atoms with Crippen LogP contribution in [0.5, 0.6) is 0 Å². The number of furan rings is 1. The van der Waals surface area contributed by atoms with Gasteiger partial charge >= 0.3 is 0 Å². The molecule has 0 spiro atoms. The van der Waals surface area contributed by atoms with Crippen molar-refractivity contribution in [2.75, 3.05) is 0 Å². The Morgan fingerprint density at radius 3 is 2.60 bits per heavy atom. The minimum absolute atomic E-state index is 0.00368. The Labute approximate surface area is 60.5 Å². The third-order valence-corrected chi connectivity index (χ3v) is 1.37. The van der Waals surface area contributed by atoms with Crippen LogP contribution < -0.4 is 0 Å². The summed E-state index contributed by atoms with van der Waals surface area (Å²) in [4.78, 5) is 0. The Bertz CT molecular complexity index is 191. The minimum atomic E-state index is 0.00368. The van der Waals surface area contributed by atoms with Crippen LogP contribution in [0, 0.1) is 0 Å². The average molecular weight is 140 g/mol. The standard InChI is InChI=1S/C8H12O2/c1-2-3-7-4-5-8(6-9)10-7/h4-5,9H,2-3,6H2,1H3. The van der Waals surface area contributed by atoms with E-state index in [-0.39, 0.29) is 6.61 Å². The van der Waals surface area contributed by atoms with E-state index in [0.29, 0.717) is 5.76 Å². The van der Waals surface area contributed by atoms with Crippen molar-refractivity contribution < 1.29 is 9.52 Å². The molecule has 2 heteroatoms. The highest BCUT2D eigenvalue weighted by Gasteiger charge is 1.97. The number of hydrogen-bond donors (Lipinski definition) is 1. The van der Waals surface area contributed by atoms with Crippen molar-refractivity contribution in [1.29, 1.82) is 0 Å². The van der Waals surface area contributed by atoms with Crippen molar-refractivity contribution in [2.24, 2.45) is 0 Å². The molecule has 0 saturated carbocycles. The molecule has 1 heterocycles. The van der Waals surface area contributed by atoms with Crippen LogP contribution >= 0.6 is 0 Å². The maximum atomic E-state index is 8.63. The van der Waals surface area contributed by atoms with Crippen LogP contribution in [0.4, 0.5) is 0 Å². The maximum Gasteiger partial charge on any atom is 0.129 e. The van der Waals surface area contributed by atoms with E-state index in [1.807, 2.05) is 12.1 Å². The fourth-order valence-electron chi connectivity index (χ4n) is 0.888. The van der Waals surface area contributed by atoms with Crippen LogP contribution in [0.1, 0.15) is 24.9 Å². The molecular formula is C8H12O2. The van der Waals surface area contributed by atoms with Crippen LogP contribution in [0.2, 0.25) is 0 Å². The van der Waals surface area contributed by atoms with E-state index >= 15 is 0 Å². The Kier molecular flexibility index (Phi) is 2.51. The lowest BCUT2D eigenvalue weighted by Gasteiger charge is -1.89. The van der Waals surface area contributed by atoms with Gasteiger partial charge in [-0.1, -0.05) is 6.92 Å². The SMILES string of the molecule is CCCc1ccc(CO)o1. The monoisotopic (exact) mass is 140 g/mol. The van der Waals surface area contributed by atoms with Gasteiger partial charge in [0.05, 0.1) is 0 Å². The minimum Gasteiger partial charge on any atom is -0.464 e. The Morgan fingerprint density at radius 1 is 1.40 bits per heavy atom. The molecule has 0 radical (unpaired) electrons. The number of hydrogen-bond acceptors (Lipinski definition) is 2. The summed E-state index contributed by atoms with van der Waals surface area (Å²) in [5.41, 5.74) is 0. The lowest BCUT2D eigenvalue weighted by Crippen LogP contribution is -1.77. The maximum absolute atomic E-state index is 8.63. The molecule has 2 nitrogen and oxygen atoms in total. The van der Waals surface area contributed by atoms with Gasteiger partial charge in [0.15, 0.2) is 0 Å². The fraction of sp³-hybridized carbons (Fsp3) is 0.500. The zero-order valence-corrected chi connectivity index (χ0v) is 6.13. The van der Waals surface area contributed by atoms with E-state index in [2.05, 4.69) is 6.92 Å². The van der Waals surface area contributed by atoms with Gasteiger partial charge in [-0.3, -0.25) is 0 Å². The molecule has 0 aliphatic carbocycles. The van der Waals surface area contributed by atoms with E-state index < -0.39 is 0 Å². The van der Waals surface area contributed by atoms with E-state index in [4.69, 9.17) is 9.52 Å². The zero-order valence-electron chi connectivity index (χ0n) is 6.13. The third-order valence-electron chi connectivity index (χ3n) is 1.37. The van der Waals surface area contributed by atoms with Crippen LogP contribution in [0.15, 0.2) is 16.5 Å². The summed E-state index contributed by atoms with van der Waals surface area (Å²) in [6.45, 7) is 2.10. The number of aryl methyl sites for hydroxylation is 1.